The predicted molar refractivity (Wildman–Crippen MR) is 109 cm³/mol. The number of thiophene rings is 1. The van der Waals surface area contributed by atoms with Crippen molar-refractivity contribution < 1.29 is 14.2 Å². The molecule has 0 aliphatic carbocycles. The van der Waals surface area contributed by atoms with Gasteiger partial charge >= 0.3 is 0 Å². The van der Waals surface area contributed by atoms with Gasteiger partial charge < -0.3 is 14.2 Å². The maximum Gasteiger partial charge on any atom is 0.222 e. The molecule has 0 saturated carbocycles. The van der Waals surface area contributed by atoms with Crippen molar-refractivity contribution in [3.05, 3.63) is 76.0 Å². The minimum atomic E-state index is -0.211. The lowest BCUT2D eigenvalue weighted by atomic mass is 9.96. The van der Waals surface area contributed by atoms with Crippen LogP contribution in [0.4, 0.5) is 0 Å². The van der Waals surface area contributed by atoms with Crippen LogP contribution in [0.1, 0.15) is 34.7 Å². The second kappa shape index (κ2) is 6.87. The van der Waals surface area contributed by atoms with E-state index in [2.05, 4.69) is 28.6 Å². The van der Waals surface area contributed by atoms with Gasteiger partial charge in [0.2, 0.25) is 6.23 Å². The highest BCUT2D eigenvalue weighted by atomic mass is 32.1. The van der Waals surface area contributed by atoms with E-state index in [1.807, 2.05) is 36.4 Å². The summed E-state index contributed by atoms with van der Waals surface area (Å²) in [5, 5.41) is 9.15. The Balaban J connectivity index is 1.56. The number of hydrogen-bond acceptors (Lipinski definition) is 6. The Morgan fingerprint density at radius 1 is 1.04 bits per heavy atom. The van der Waals surface area contributed by atoms with E-state index in [4.69, 9.17) is 19.3 Å². The highest BCUT2D eigenvalue weighted by Crippen LogP contribution is 2.48. The molecular formula is C22H20N2O3S. The summed E-state index contributed by atoms with van der Waals surface area (Å²) >= 11 is 1.69. The van der Waals surface area contributed by atoms with Gasteiger partial charge in [0.1, 0.15) is 5.75 Å². The van der Waals surface area contributed by atoms with Crippen LogP contribution in [0, 0.1) is 0 Å². The lowest BCUT2D eigenvalue weighted by Crippen LogP contribution is -2.33. The Labute approximate surface area is 167 Å². The molecule has 28 heavy (non-hydrogen) atoms. The fourth-order valence-corrected chi connectivity index (χ4v) is 4.59. The minimum Gasteiger partial charge on any atom is -0.493 e. The Kier molecular flexibility index (Phi) is 4.20. The van der Waals surface area contributed by atoms with Crippen molar-refractivity contribution in [1.29, 1.82) is 0 Å². The largest absolute Gasteiger partial charge is 0.493 e. The quantitative estimate of drug-likeness (QED) is 0.626. The van der Waals surface area contributed by atoms with Gasteiger partial charge in [-0.15, -0.1) is 11.3 Å². The molecule has 0 bridgehead atoms. The van der Waals surface area contributed by atoms with Gasteiger partial charge in [0.25, 0.3) is 0 Å². The molecule has 0 fully saturated rings. The van der Waals surface area contributed by atoms with Crippen LogP contribution in [0.15, 0.2) is 65.1 Å². The average molecular weight is 392 g/mol. The van der Waals surface area contributed by atoms with E-state index in [1.54, 1.807) is 25.6 Å². The van der Waals surface area contributed by atoms with Crippen LogP contribution >= 0.6 is 11.3 Å². The summed E-state index contributed by atoms with van der Waals surface area (Å²) in [6.45, 7) is 0. The van der Waals surface area contributed by atoms with Gasteiger partial charge in [0, 0.05) is 17.5 Å². The van der Waals surface area contributed by atoms with Crippen molar-refractivity contribution in [1.82, 2.24) is 5.01 Å². The Hall–Kier alpha value is -2.99. The number of hydrazone groups is 1. The highest BCUT2D eigenvalue weighted by Gasteiger charge is 2.41. The SMILES string of the molecule is COc1ccc(C2=NN3[C@@H](C2)c2ccccc2O[C@H]3c2cccs2)cc1OC. The minimum absolute atomic E-state index is 0.153. The molecule has 2 aliphatic rings. The van der Waals surface area contributed by atoms with Crippen molar-refractivity contribution >= 4 is 17.0 Å². The summed E-state index contributed by atoms with van der Waals surface area (Å²) < 4.78 is 17.2. The number of rotatable bonds is 4. The summed E-state index contributed by atoms with van der Waals surface area (Å²) in [7, 11) is 3.29. The number of nitrogens with zero attached hydrogens (tertiary/aromatic N) is 2. The van der Waals surface area contributed by atoms with E-state index < -0.39 is 0 Å². The van der Waals surface area contributed by atoms with E-state index in [-0.39, 0.29) is 12.3 Å². The smallest absolute Gasteiger partial charge is 0.222 e. The predicted octanol–water partition coefficient (Wildman–Crippen LogP) is 5.01. The van der Waals surface area contributed by atoms with Crippen LogP contribution in [0.5, 0.6) is 17.2 Å². The van der Waals surface area contributed by atoms with Gasteiger partial charge in [-0.2, -0.15) is 5.10 Å². The van der Waals surface area contributed by atoms with Gasteiger partial charge in [-0.1, -0.05) is 24.3 Å². The van der Waals surface area contributed by atoms with Crippen LogP contribution in [-0.2, 0) is 0 Å². The lowest BCUT2D eigenvalue weighted by Gasteiger charge is -2.37. The van der Waals surface area contributed by atoms with Gasteiger partial charge in [-0.05, 0) is 35.7 Å². The molecule has 2 aliphatic heterocycles. The first kappa shape index (κ1) is 17.1. The van der Waals surface area contributed by atoms with Crippen molar-refractivity contribution in [3.8, 4) is 17.2 Å². The molecule has 5 nitrogen and oxygen atoms in total. The summed E-state index contributed by atoms with van der Waals surface area (Å²) in [5.41, 5.74) is 3.23. The molecule has 0 spiro atoms. The van der Waals surface area contributed by atoms with Gasteiger partial charge in [0.05, 0.1) is 30.9 Å². The molecule has 3 heterocycles. The Morgan fingerprint density at radius 3 is 2.68 bits per heavy atom. The van der Waals surface area contributed by atoms with E-state index in [1.165, 1.54) is 5.56 Å². The highest BCUT2D eigenvalue weighted by molar-refractivity contribution is 7.10. The molecule has 142 valence electrons. The molecule has 2 atom stereocenters. The zero-order chi connectivity index (χ0) is 19.1. The molecular weight excluding hydrogens is 372 g/mol. The molecule has 0 amide bonds. The second-order valence-electron chi connectivity index (χ2n) is 6.74. The summed E-state index contributed by atoms with van der Waals surface area (Å²) in [6.07, 6.45) is 0.607. The maximum absolute atomic E-state index is 6.34. The average Bonchev–Trinajstić information content (AvgIpc) is 3.43. The molecule has 0 saturated heterocycles. The Bertz CT molecular complexity index is 1030. The molecule has 5 rings (SSSR count). The third-order valence-corrected chi connectivity index (χ3v) is 6.11. The standard InChI is InChI=1S/C22H20N2O3S/c1-25-19-10-9-14(12-20(19)26-2)16-13-17-15-6-3-4-7-18(15)27-22(24(17)23-16)21-8-5-11-28-21/h3-12,17,22H,13H2,1-2H3/t17-,22-/m0/s1. The first-order valence-corrected chi connectivity index (χ1v) is 10.0. The molecule has 0 N–H and O–H groups in total. The van der Waals surface area contributed by atoms with Crippen LogP contribution in [-0.4, -0.2) is 24.9 Å². The lowest BCUT2D eigenvalue weighted by molar-refractivity contribution is -0.0165. The number of benzene rings is 2. The van der Waals surface area contributed by atoms with Crippen molar-refractivity contribution in [2.24, 2.45) is 5.10 Å². The molecule has 0 unspecified atom stereocenters. The molecule has 3 aromatic rings. The summed E-state index contributed by atoms with van der Waals surface area (Å²) in [6, 6.07) is 18.5. The number of ether oxygens (including phenoxy) is 3. The maximum atomic E-state index is 6.34. The summed E-state index contributed by atoms with van der Waals surface area (Å²) in [4.78, 5) is 1.15. The van der Waals surface area contributed by atoms with Crippen molar-refractivity contribution in [2.75, 3.05) is 14.2 Å². The van der Waals surface area contributed by atoms with Gasteiger partial charge in [0.15, 0.2) is 11.5 Å². The van der Waals surface area contributed by atoms with Crippen LogP contribution in [0.25, 0.3) is 0 Å². The van der Waals surface area contributed by atoms with Crippen molar-refractivity contribution in [3.63, 3.8) is 0 Å². The van der Waals surface area contributed by atoms with Crippen LogP contribution < -0.4 is 14.2 Å². The third-order valence-electron chi connectivity index (χ3n) is 5.20. The zero-order valence-electron chi connectivity index (χ0n) is 15.7. The monoisotopic (exact) mass is 392 g/mol. The van der Waals surface area contributed by atoms with E-state index in [9.17, 15) is 0 Å². The first-order chi connectivity index (χ1) is 13.8. The number of methoxy groups -OCH3 is 2. The zero-order valence-corrected chi connectivity index (χ0v) is 16.5. The Morgan fingerprint density at radius 2 is 1.89 bits per heavy atom. The van der Waals surface area contributed by atoms with Gasteiger partial charge in [-0.25, -0.2) is 5.01 Å². The number of fused-ring (bicyclic) bond motifs is 3. The molecule has 2 aromatic carbocycles. The molecule has 6 heteroatoms. The number of hydrogen-bond donors (Lipinski definition) is 0. The van der Waals surface area contributed by atoms with Gasteiger partial charge in [-0.3, -0.25) is 0 Å². The fourth-order valence-electron chi connectivity index (χ4n) is 3.84. The van der Waals surface area contributed by atoms with E-state index in [0.717, 1.165) is 28.3 Å². The third kappa shape index (κ3) is 2.72. The van der Waals surface area contributed by atoms with Crippen LogP contribution in [0.2, 0.25) is 0 Å². The topological polar surface area (TPSA) is 43.3 Å². The first-order valence-electron chi connectivity index (χ1n) is 9.15. The van der Waals surface area contributed by atoms with Crippen LogP contribution in [0.3, 0.4) is 0 Å². The van der Waals surface area contributed by atoms with Crippen molar-refractivity contribution in [2.45, 2.75) is 18.7 Å². The number of para-hydroxylation sites is 1. The molecule has 0 radical (unpaired) electrons. The second-order valence-corrected chi connectivity index (χ2v) is 7.72. The van der Waals surface area contributed by atoms with E-state index in [0.29, 0.717) is 11.5 Å². The molecule has 1 aromatic heterocycles. The van der Waals surface area contributed by atoms with E-state index >= 15 is 0 Å². The normalized spacial score (nSPS) is 20.1. The fraction of sp³-hybridized carbons (Fsp3) is 0.227. The summed E-state index contributed by atoms with van der Waals surface area (Å²) in [5.74, 6) is 2.36.